The number of rotatable bonds is 7. The number of hydrogen-bond acceptors (Lipinski definition) is 2. The molecule has 0 spiro atoms. The van der Waals surface area contributed by atoms with Gasteiger partial charge in [-0.25, -0.2) is 0 Å². The molecule has 1 heterocycles. The lowest BCUT2D eigenvalue weighted by molar-refractivity contribution is -0.130. The molecule has 2 aliphatic rings. The number of likely N-dealkylation sites (tertiary alicyclic amines) is 1. The average Bonchev–Trinajstić information content (AvgIpc) is 3.06. The van der Waals surface area contributed by atoms with Crippen LogP contribution < -0.4 is 5.32 Å². The predicted molar refractivity (Wildman–Crippen MR) is 88.4 cm³/mol. The van der Waals surface area contributed by atoms with Crippen LogP contribution in [0, 0.1) is 11.8 Å². The molecule has 1 aliphatic carbocycles. The third kappa shape index (κ3) is 4.72. The fourth-order valence-electron chi connectivity index (χ4n) is 3.74. The van der Waals surface area contributed by atoms with Crippen LogP contribution in [0.4, 0.5) is 0 Å². The minimum absolute atomic E-state index is 0.0749. The van der Waals surface area contributed by atoms with E-state index in [1.165, 1.54) is 19.3 Å². The molecule has 0 aromatic carbocycles. The molecule has 0 radical (unpaired) electrons. The van der Waals surface area contributed by atoms with Gasteiger partial charge in [0.05, 0.1) is 5.92 Å². The lowest BCUT2D eigenvalue weighted by Crippen LogP contribution is -2.39. The van der Waals surface area contributed by atoms with Gasteiger partial charge in [-0.05, 0) is 32.1 Å². The van der Waals surface area contributed by atoms with Crippen LogP contribution in [0.15, 0.2) is 0 Å². The summed E-state index contributed by atoms with van der Waals surface area (Å²) < 4.78 is 0. The van der Waals surface area contributed by atoms with E-state index in [4.69, 9.17) is 0 Å². The lowest BCUT2D eigenvalue weighted by Gasteiger charge is -2.24. The van der Waals surface area contributed by atoms with Crippen molar-refractivity contribution in [2.24, 2.45) is 11.8 Å². The second-order valence-corrected chi connectivity index (χ2v) is 7.62. The van der Waals surface area contributed by atoms with E-state index in [0.29, 0.717) is 19.0 Å². The van der Waals surface area contributed by atoms with Gasteiger partial charge in [-0.15, -0.1) is 0 Å². The Hall–Kier alpha value is -1.06. The first-order chi connectivity index (χ1) is 10.5. The Bertz CT molecular complexity index is 389. The summed E-state index contributed by atoms with van der Waals surface area (Å²) >= 11 is 0. The summed E-state index contributed by atoms with van der Waals surface area (Å²) in [6.07, 6.45) is 8.46. The summed E-state index contributed by atoms with van der Waals surface area (Å²) in [6, 6.07) is 0.607. The number of nitrogens with zero attached hydrogens (tertiary/aromatic N) is 1. The summed E-state index contributed by atoms with van der Waals surface area (Å²) in [7, 11) is 0. The van der Waals surface area contributed by atoms with Gasteiger partial charge in [0, 0.05) is 25.0 Å². The quantitative estimate of drug-likeness (QED) is 0.785. The SMILES string of the molecule is CC(C)CCC[C@@H](C)NC(=O)[C@H]1CC(=O)N(C2CCCC2)C1. The van der Waals surface area contributed by atoms with E-state index < -0.39 is 0 Å². The van der Waals surface area contributed by atoms with Crippen LogP contribution in [0.2, 0.25) is 0 Å². The highest BCUT2D eigenvalue weighted by Gasteiger charge is 2.38. The molecule has 126 valence electrons. The standard InChI is InChI=1S/C18H32N2O2/c1-13(2)7-6-8-14(3)19-18(22)15-11-17(21)20(12-15)16-9-4-5-10-16/h13-16H,4-12H2,1-3H3,(H,19,22)/t14-,15+/m1/s1. The molecule has 0 bridgehead atoms. The van der Waals surface area contributed by atoms with Gasteiger partial charge < -0.3 is 10.2 Å². The third-order valence-corrected chi connectivity index (χ3v) is 5.10. The minimum atomic E-state index is -0.138. The molecule has 1 N–H and O–H groups in total. The summed E-state index contributed by atoms with van der Waals surface area (Å²) in [4.78, 5) is 26.5. The molecular formula is C18H32N2O2. The molecule has 0 unspecified atom stereocenters. The largest absolute Gasteiger partial charge is 0.353 e. The maximum absolute atomic E-state index is 12.4. The van der Waals surface area contributed by atoms with Crippen molar-refractivity contribution in [3.8, 4) is 0 Å². The molecule has 0 aromatic heterocycles. The molecular weight excluding hydrogens is 276 g/mol. The van der Waals surface area contributed by atoms with E-state index in [2.05, 4.69) is 26.1 Å². The van der Waals surface area contributed by atoms with Gasteiger partial charge in [-0.2, -0.15) is 0 Å². The number of hydrogen-bond donors (Lipinski definition) is 1. The predicted octanol–water partition coefficient (Wildman–Crippen LogP) is 3.11. The van der Waals surface area contributed by atoms with Gasteiger partial charge in [0.1, 0.15) is 0 Å². The smallest absolute Gasteiger partial charge is 0.225 e. The van der Waals surface area contributed by atoms with Crippen LogP contribution in [0.1, 0.15) is 72.1 Å². The zero-order valence-electron chi connectivity index (χ0n) is 14.4. The fourth-order valence-corrected chi connectivity index (χ4v) is 3.74. The second-order valence-electron chi connectivity index (χ2n) is 7.62. The number of nitrogens with one attached hydrogen (secondary N) is 1. The summed E-state index contributed by atoms with van der Waals surface area (Å²) in [5, 5.41) is 3.11. The molecule has 0 aromatic rings. The van der Waals surface area contributed by atoms with Gasteiger partial charge in [0.2, 0.25) is 11.8 Å². The Morgan fingerprint density at radius 3 is 2.55 bits per heavy atom. The molecule has 2 amide bonds. The Kier molecular flexibility index (Phi) is 6.27. The van der Waals surface area contributed by atoms with Crippen molar-refractivity contribution in [3.05, 3.63) is 0 Å². The van der Waals surface area contributed by atoms with Crippen LogP contribution in [0.5, 0.6) is 0 Å². The number of carbonyl (C=O) groups is 2. The second kappa shape index (κ2) is 7.98. The van der Waals surface area contributed by atoms with Gasteiger partial charge in [-0.3, -0.25) is 9.59 Å². The number of amides is 2. The molecule has 1 saturated heterocycles. The van der Waals surface area contributed by atoms with E-state index in [1.807, 2.05) is 4.90 Å². The topological polar surface area (TPSA) is 49.4 Å². The molecule has 22 heavy (non-hydrogen) atoms. The van der Waals surface area contributed by atoms with Crippen LogP contribution in [0.25, 0.3) is 0 Å². The fraction of sp³-hybridized carbons (Fsp3) is 0.889. The van der Waals surface area contributed by atoms with Crippen molar-refractivity contribution in [2.45, 2.75) is 84.2 Å². The summed E-state index contributed by atoms with van der Waals surface area (Å²) in [6.45, 7) is 7.16. The van der Waals surface area contributed by atoms with Gasteiger partial charge >= 0.3 is 0 Å². The minimum Gasteiger partial charge on any atom is -0.353 e. The molecule has 2 atom stereocenters. The molecule has 2 fully saturated rings. The van der Waals surface area contributed by atoms with Crippen molar-refractivity contribution in [2.75, 3.05) is 6.54 Å². The number of carbonyl (C=O) groups excluding carboxylic acids is 2. The first-order valence-corrected chi connectivity index (χ1v) is 9.07. The highest BCUT2D eigenvalue weighted by molar-refractivity contribution is 5.89. The zero-order chi connectivity index (χ0) is 16.1. The highest BCUT2D eigenvalue weighted by Crippen LogP contribution is 2.29. The van der Waals surface area contributed by atoms with Gasteiger partial charge in [0.25, 0.3) is 0 Å². The highest BCUT2D eigenvalue weighted by atomic mass is 16.2. The Morgan fingerprint density at radius 2 is 1.91 bits per heavy atom. The van der Waals surface area contributed by atoms with Gasteiger partial charge in [-0.1, -0.05) is 39.5 Å². The van der Waals surface area contributed by atoms with E-state index in [1.54, 1.807) is 0 Å². The van der Waals surface area contributed by atoms with Gasteiger partial charge in [0.15, 0.2) is 0 Å². The Balaban J connectivity index is 1.74. The van der Waals surface area contributed by atoms with Crippen LogP contribution >= 0.6 is 0 Å². The van der Waals surface area contributed by atoms with Crippen LogP contribution in [-0.2, 0) is 9.59 Å². The van der Waals surface area contributed by atoms with Crippen molar-refractivity contribution in [3.63, 3.8) is 0 Å². The maximum atomic E-state index is 12.4. The van der Waals surface area contributed by atoms with E-state index in [-0.39, 0.29) is 23.8 Å². The van der Waals surface area contributed by atoms with Crippen molar-refractivity contribution in [1.82, 2.24) is 10.2 Å². The molecule has 1 aliphatic heterocycles. The maximum Gasteiger partial charge on any atom is 0.225 e. The zero-order valence-corrected chi connectivity index (χ0v) is 14.4. The third-order valence-electron chi connectivity index (χ3n) is 5.10. The average molecular weight is 308 g/mol. The Labute approximate surface area is 135 Å². The molecule has 4 nitrogen and oxygen atoms in total. The van der Waals surface area contributed by atoms with E-state index in [0.717, 1.165) is 31.6 Å². The molecule has 4 heteroatoms. The van der Waals surface area contributed by atoms with E-state index in [9.17, 15) is 9.59 Å². The summed E-state index contributed by atoms with van der Waals surface area (Å²) in [5.41, 5.74) is 0. The monoisotopic (exact) mass is 308 g/mol. The first-order valence-electron chi connectivity index (χ1n) is 9.07. The normalized spacial score (nSPS) is 24.3. The molecule has 1 saturated carbocycles. The van der Waals surface area contributed by atoms with E-state index >= 15 is 0 Å². The molecule has 2 rings (SSSR count). The van der Waals surface area contributed by atoms with Crippen molar-refractivity contribution in [1.29, 1.82) is 0 Å². The van der Waals surface area contributed by atoms with Crippen molar-refractivity contribution < 1.29 is 9.59 Å². The van der Waals surface area contributed by atoms with Crippen LogP contribution in [0.3, 0.4) is 0 Å². The lowest BCUT2D eigenvalue weighted by atomic mass is 10.0. The van der Waals surface area contributed by atoms with Crippen LogP contribution in [-0.4, -0.2) is 35.3 Å². The first kappa shape index (κ1) is 17.3. The Morgan fingerprint density at radius 1 is 1.23 bits per heavy atom. The summed E-state index contributed by atoms with van der Waals surface area (Å²) in [5.74, 6) is 0.835. The van der Waals surface area contributed by atoms with Crippen molar-refractivity contribution >= 4 is 11.8 Å².